The van der Waals surface area contributed by atoms with Crippen molar-refractivity contribution in [2.75, 3.05) is 6.54 Å². The van der Waals surface area contributed by atoms with Crippen molar-refractivity contribution in [1.29, 1.82) is 0 Å². The van der Waals surface area contributed by atoms with E-state index in [0.29, 0.717) is 0 Å². The van der Waals surface area contributed by atoms with Gasteiger partial charge in [0.1, 0.15) is 0 Å². The van der Waals surface area contributed by atoms with Crippen LogP contribution in [0.5, 0.6) is 0 Å². The van der Waals surface area contributed by atoms with Crippen LogP contribution >= 0.6 is 0 Å². The normalized spacial score (nSPS) is 28.1. The summed E-state index contributed by atoms with van der Waals surface area (Å²) in [5.41, 5.74) is 0.282. The van der Waals surface area contributed by atoms with Gasteiger partial charge in [0.25, 0.3) is 0 Å². The van der Waals surface area contributed by atoms with Crippen molar-refractivity contribution in [3.8, 4) is 0 Å². The quantitative estimate of drug-likeness (QED) is 0.709. The molecule has 2 unspecified atom stereocenters. The highest BCUT2D eigenvalue weighted by molar-refractivity contribution is 4.77. The van der Waals surface area contributed by atoms with Gasteiger partial charge in [-0.1, -0.05) is 26.7 Å². The van der Waals surface area contributed by atoms with E-state index in [9.17, 15) is 0 Å². The van der Waals surface area contributed by atoms with Crippen LogP contribution in [0.4, 0.5) is 0 Å². The van der Waals surface area contributed by atoms with Gasteiger partial charge in [0.15, 0.2) is 0 Å². The molecular formula is C15H31N. The second-order valence-electron chi connectivity index (χ2n) is 7.01. The molecule has 96 valence electrons. The minimum absolute atomic E-state index is 0.282. The van der Waals surface area contributed by atoms with Crippen LogP contribution in [0.15, 0.2) is 0 Å². The Hall–Kier alpha value is -0.0400. The molecule has 0 amide bonds. The van der Waals surface area contributed by atoms with E-state index in [2.05, 4.69) is 39.9 Å². The first kappa shape index (κ1) is 14.0. The fourth-order valence-electron chi connectivity index (χ4n) is 2.73. The summed E-state index contributed by atoms with van der Waals surface area (Å²) in [5.74, 6) is 2.79. The Morgan fingerprint density at radius 2 is 1.75 bits per heavy atom. The highest BCUT2D eigenvalue weighted by atomic mass is 14.9. The van der Waals surface area contributed by atoms with Crippen molar-refractivity contribution in [2.24, 2.45) is 17.8 Å². The van der Waals surface area contributed by atoms with E-state index in [1.165, 1.54) is 38.6 Å². The van der Waals surface area contributed by atoms with Crippen molar-refractivity contribution in [3.63, 3.8) is 0 Å². The molecule has 0 heterocycles. The second kappa shape index (κ2) is 6.05. The van der Waals surface area contributed by atoms with E-state index in [1.54, 1.807) is 0 Å². The molecule has 0 saturated heterocycles. The van der Waals surface area contributed by atoms with E-state index in [-0.39, 0.29) is 5.54 Å². The molecule has 2 atom stereocenters. The Morgan fingerprint density at radius 1 is 1.06 bits per heavy atom. The molecule has 1 saturated carbocycles. The zero-order valence-corrected chi connectivity index (χ0v) is 12.0. The molecule has 1 nitrogen and oxygen atoms in total. The van der Waals surface area contributed by atoms with Crippen LogP contribution in [-0.4, -0.2) is 12.1 Å². The van der Waals surface area contributed by atoms with Crippen molar-refractivity contribution >= 4 is 0 Å². The molecule has 0 radical (unpaired) electrons. The van der Waals surface area contributed by atoms with Gasteiger partial charge in [-0.25, -0.2) is 0 Å². The molecule has 1 N–H and O–H groups in total. The molecule has 0 aromatic carbocycles. The maximum absolute atomic E-state index is 3.66. The topological polar surface area (TPSA) is 12.0 Å². The first-order chi connectivity index (χ1) is 7.38. The molecule has 0 spiro atoms. The van der Waals surface area contributed by atoms with E-state index in [4.69, 9.17) is 0 Å². The van der Waals surface area contributed by atoms with E-state index in [1.807, 2.05) is 0 Å². The molecule has 0 aromatic heterocycles. The number of hydrogen-bond donors (Lipinski definition) is 1. The van der Waals surface area contributed by atoms with E-state index < -0.39 is 0 Å². The van der Waals surface area contributed by atoms with Gasteiger partial charge in [-0.15, -0.1) is 0 Å². The smallest absolute Gasteiger partial charge is 0.00966 e. The lowest BCUT2D eigenvalue weighted by Crippen LogP contribution is -2.39. The Labute approximate surface area is 102 Å². The van der Waals surface area contributed by atoms with Gasteiger partial charge in [-0.05, 0) is 64.3 Å². The van der Waals surface area contributed by atoms with E-state index in [0.717, 1.165) is 17.8 Å². The van der Waals surface area contributed by atoms with Crippen LogP contribution in [0.1, 0.15) is 66.7 Å². The summed E-state index contributed by atoms with van der Waals surface area (Å²) in [6.45, 7) is 12.8. The van der Waals surface area contributed by atoms with Crippen molar-refractivity contribution in [2.45, 2.75) is 72.3 Å². The summed E-state index contributed by atoms with van der Waals surface area (Å²) in [6, 6.07) is 0. The zero-order valence-electron chi connectivity index (χ0n) is 12.0. The second-order valence-corrected chi connectivity index (χ2v) is 7.01. The molecule has 1 fully saturated rings. The lowest BCUT2D eigenvalue weighted by atomic mass is 9.88. The van der Waals surface area contributed by atoms with Crippen LogP contribution in [0.3, 0.4) is 0 Å². The summed E-state index contributed by atoms with van der Waals surface area (Å²) < 4.78 is 0. The predicted octanol–water partition coefficient (Wildman–Crippen LogP) is 4.23. The molecule has 0 aliphatic heterocycles. The van der Waals surface area contributed by atoms with Crippen molar-refractivity contribution in [1.82, 2.24) is 5.32 Å². The monoisotopic (exact) mass is 225 g/mol. The predicted molar refractivity (Wildman–Crippen MR) is 72.7 cm³/mol. The maximum atomic E-state index is 3.66. The molecule has 16 heavy (non-hydrogen) atoms. The van der Waals surface area contributed by atoms with Gasteiger partial charge in [0, 0.05) is 5.54 Å². The molecule has 0 bridgehead atoms. The average Bonchev–Trinajstić information content (AvgIpc) is 2.38. The van der Waals surface area contributed by atoms with E-state index >= 15 is 0 Å². The molecule has 0 aromatic rings. The lowest BCUT2D eigenvalue weighted by Gasteiger charge is -2.25. The Balaban J connectivity index is 2.30. The molecule has 1 heteroatoms. The number of rotatable bonds is 3. The third-order valence-electron chi connectivity index (χ3n) is 4.00. The highest BCUT2D eigenvalue weighted by Crippen LogP contribution is 2.31. The summed E-state index contributed by atoms with van der Waals surface area (Å²) in [6.07, 6.45) is 7.23. The highest BCUT2D eigenvalue weighted by Gasteiger charge is 2.21. The van der Waals surface area contributed by atoms with Gasteiger partial charge in [-0.3, -0.25) is 0 Å². The van der Waals surface area contributed by atoms with Gasteiger partial charge in [0.2, 0.25) is 0 Å². The number of hydrogen-bond acceptors (Lipinski definition) is 1. The molecule has 1 rings (SSSR count). The van der Waals surface area contributed by atoms with Gasteiger partial charge >= 0.3 is 0 Å². The lowest BCUT2D eigenvalue weighted by molar-refractivity contribution is 0.322. The summed E-state index contributed by atoms with van der Waals surface area (Å²) >= 11 is 0. The first-order valence-corrected chi connectivity index (χ1v) is 7.13. The fourth-order valence-corrected chi connectivity index (χ4v) is 2.73. The van der Waals surface area contributed by atoms with Crippen LogP contribution in [0.2, 0.25) is 0 Å². The molecule has 1 aliphatic carbocycles. The summed E-state index contributed by atoms with van der Waals surface area (Å²) in [4.78, 5) is 0. The van der Waals surface area contributed by atoms with Gasteiger partial charge in [0.05, 0.1) is 0 Å². The fraction of sp³-hybridized carbons (Fsp3) is 1.00. The molecular weight excluding hydrogens is 194 g/mol. The van der Waals surface area contributed by atoms with Gasteiger partial charge < -0.3 is 5.32 Å². The summed E-state index contributed by atoms with van der Waals surface area (Å²) in [5, 5.41) is 3.66. The largest absolute Gasteiger partial charge is 0.312 e. The standard InChI is InChI=1S/C15H31N/c1-12(2)14-8-6-7-13(9-10-14)11-16-15(3,4)5/h12-14,16H,6-11H2,1-5H3. The Kier molecular flexibility index (Phi) is 5.30. The third-order valence-corrected chi connectivity index (χ3v) is 4.00. The minimum Gasteiger partial charge on any atom is -0.312 e. The molecule has 1 aliphatic rings. The SMILES string of the molecule is CC(C)C1CCCC(CNC(C)(C)C)CC1. The first-order valence-electron chi connectivity index (χ1n) is 7.13. The van der Waals surface area contributed by atoms with Crippen LogP contribution in [-0.2, 0) is 0 Å². The summed E-state index contributed by atoms with van der Waals surface area (Å²) in [7, 11) is 0. The van der Waals surface area contributed by atoms with Crippen molar-refractivity contribution in [3.05, 3.63) is 0 Å². The Bertz CT molecular complexity index is 190. The average molecular weight is 225 g/mol. The van der Waals surface area contributed by atoms with Gasteiger partial charge in [-0.2, -0.15) is 0 Å². The van der Waals surface area contributed by atoms with Crippen LogP contribution in [0.25, 0.3) is 0 Å². The maximum Gasteiger partial charge on any atom is 0.00966 e. The van der Waals surface area contributed by atoms with Crippen molar-refractivity contribution < 1.29 is 0 Å². The van der Waals surface area contributed by atoms with Crippen LogP contribution < -0.4 is 5.32 Å². The van der Waals surface area contributed by atoms with Crippen LogP contribution in [0, 0.1) is 17.8 Å². The minimum atomic E-state index is 0.282. The third kappa shape index (κ3) is 5.34. The zero-order chi connectivity index (χ0) is 12.2. The number of nitrogens with one attached hydrogen (secondary N) is 1. The Morgan fingerprint density at radius 3 is 2.31 bits per heavy atom.